The third-order valence-corrected chi connectivity index (χ3v) is 7.40. The Kier molecular flexibility index (Phi) is 5.28. The van der Waals surface area contributed by atoms with Crippen LogP contribution in [0.5, 0.6) is 0 Å². The third kappa shape index (κ3) is 3.92. The first-order valence-corrected chi connectivity index (χ1v) is 12.8. The van der Waals surface area contributed by atoms with Crippen LogP contribution in [-0.2, 0) is 4.79 Å². The number of H-pyrrole nitrogens is 2. The maximum absolute atomic E-state index is 12.6. The molecule has 7 rings (SSSR count). The molecule has 0 unspecified atom stereocenters. The number of carbonyl (C=O) groups excluding carboxylic acids is 1. The fraction of sp³-hybridized carbons (Fsp3) is 0.207. The number of fused-ring (bicyclic) bond motifs is 2. The highest BCUT2D eigenvalue weighted by atomic mass is 16.1. The molecule has 38 heavy (non-hydrogen) atoms. The summed E-state index contributed by atoms with van der Waals surface area (Å²) in [6, 6.07) is 10.3. The van der Waals surface area contributed by atoms with Crippen molar-refractivity contribution in [2.24, 2.45) is 5.92 Å². The number of imidazole rings is 1. The number of nitrogens with zero attached hydrogens (tertiary/aromatic N) is 5. The molecule has 1 aliphatic carbocycles. The average molecular weight is 503 g/mol. The van der Waals surface area contributed by atoms with Gasteiger partial charge in [0.15, 0.2) is 0 Å². The molecule has 9 heteroatoms. The number of hydrogen-bond acceptors (Lipinski definition) is 5. The molecule has 1 amide bonds. The number of anilines is 1. The van der Waals surface area contributed by atoms with Gasteiger partial charge < -0.3 is 14.9 Å². The van der Waals surface area contributed by atoms with Gasteiger partial charge in [-0.05, 0) is 49.6 Å². The van der Waals surface area contributed by atoms with Crippen molar-refractivity contribution in [2.75, 3.05) is 5.32 Å². The molecule has 9 nitrogen and oxygen atoms in total. The van der Waals surface area contributed by atoms with E-state index in [0.29, 0.717) is 0 Å². The normalized spacial score (nSPS) is 14.0. The van der Waals surface area contributed by atoms with Gasteiger partial charge >= 0.3 is 0 Å². The predicted octanol–water partition coefficient (Wildman–Crippen LogP) is 5.79. The van der Waals surface area contributed by atoms with Gasteiger partial charge in [0.2, 0.25) is 5.91 Å². The zero-order valence-electron chi connectivity index (χ0n) is 20.9. The van der Waals surface area contributed by atoms with Gasteiger partial charge in [-0.2, -0.15) is 5.10 Å². The van der Waals surface area contributed by atoms with Crippen molar-refractivity contribution in [3.8, 4) is 28.2 Å². The van der Waals surface area contributed by atoms with E-state index < -0.39 is 0 Å². The minimum Gasteiger partial charge on any atom is -0.352 e. The summed E-state index contributed by atoms with van der Waals surface area (Å²) >= 11 is 0. The summed E-state index contributed by atoms with van der Waals surface area (Å²) < 4.78 is 1.98. The molecule has 1 aliphatic rings. The molecule has 1 fully saturated rings. The van der Waals surface area contributed by atoms with Gasteiger partial charge in [0.1, 0.15) is 5.69 Å². The Morgan fingerprint density at radius 2 is 1.84 bits per heavy atom. The summed E-state index contributed by atoms with van der Waals surface area (Å²) in [6.07, 6.45) is 15.2. The summed E-state index contributed by atoms with van der Waals surface area (Å²) in [5, 5.41) is 12.9. The number of carbonyl (C=O) groups is 1. The Labute approximate surface area is 218 Å². The molecular formula is C29H26N8O. The smallest absolute Gasteiger partial charge is 0.227 e. The van der Waals surface area contributed by atoms with Gasteiger partial charge in [0.05, 0.1) is 58.7 Å². The summed E-state index contributed by atoms with van der Waals surface area (Å²) in [5.74, 6) is 0.195. The number of hydrogen-bond donors (Lipinski definition) is 3. The molecule has 188 valence electrons. The van der Waals surface area contributed by atoms with Crippen molar-refractivity contribution < 1.29 is 4.79 Å². The first-order chi connectivity index (χ1) is 18.6. The van der Waals surface area contributed by atoms with Gasteiger partial charge in [0.25, 0.3) is 0 Å². The molecular weight excluding hydrogens is 476 g/mol. The van der Waals surface area contributed by atoms with E-state index in [4.69, 9.17) is 0 Å². The van der Waals surface area contributed by atoms with Crippen LogP contribution in [-0.4, -0.2) is 40.6 Å². The van der Waals surface area contributed by atoms with E-state index in [1.165, 1.54) is 0 Å². The van der Waals surface area contributed by atoms with E-state index in [-0.39, 0.29) is 11.8 Å². The second-order valence-corrected chi connectivity index (χ2v) is 9.99. The lowest BCUT2D eigenvalue weighted by molar-refractivity contribution is -0.119. The first kappa shape index (κ1) is 22.4. The van der Waals surface area contributed by atoms with Crippen LogP contribution in [0.1, 0.15) is 31.4 Å². The molecule has 0 saturated heterocycles. The van der Waals surface area contributed by atoms with Crippen LogP contribution in [0.3, 0.4) is 0 Å². The number of benzene rings is 1. The first-order valence-electron chi connectivity index (χ1n) is 12.8. The largest absolute Gasteiger partial charge is 0.352 e. The fourth-order valence-electron chi connectivity index (χ4n) is 5.42. The molecule has 0 bridgehead atoms. The zero-order valence-corrected chi connectivity index (χ0v) is 20.9. The van der Waals surface area contributed by atoms with Gasteiger partial charge in [-0.3, -0.25) is 19.9 Å². The van der Waals surface area contributed by atoms with Gasteiger partial charge in [-0.15, -0.1) is 0 Å². The molecule has 0 aliphatic heterocycles. The molecule has 0 spiro atoms. The highest BCUT2D eigenvalue weighted by molar-refractivity contribution is 5.99. The quantitative estimate of drug-likeness (QED) is 0.276. The number of aryl methyl sites for hydroxylation is 1. The van der Waals surface area contributed by atoms with Crippen molar-refractivity contribution >= 4 is 33.4 Å². The molecule has 1 saturated carbocycles. The van der Waals surface area contributed by atoms with Crippen LogP contribution in [0.25, 0.3) is 50.0 Å². The number of aromatic amines is 2. The minimum atomic E-state index is 0.0903. The summed E-state index contributed by atoms with van der Waals surface area (Å²) in [4.78, 5) is 29.3. The van der Waals surface area contributed by atoms with Crippen LogP contribution in [0, 0.1) is 12.8 Å². The van der Waals surface area contributed by atoms with Gasteiger partial charge in [0, 0.05) is 34.6 Å². The lowest BCUT2D eigenvalue weighted by Gasteiger charge is -2.11. The lowest BCUT2D eigenvalue weighted by atomic mass is 10.0. The molecule has 3 N–H and O–H groups in total. The molecule has 1 aromatic carbocycles. The molecule has 6 aromatic rings. The maximum Gasteiger partial charge on any atom is 0.227 e. The Bertz CT molecular complexity index is 1800. The monoisotopic (exact) mass is 502 g/mol. The van der Waals surface area contributed by atoms with Crippen molar-refractivity contribution in [1.82, 2.24) is 34.7 Å². The average Bonchev–Trinajstić information content (AvgIpc) is 3.74. The minimum absolute atomic E-state index is 0.0903. The molecule has 0 atom stereocenters. The third-order valence-electron chi connectivity index (χ3n) is 7.40. The van der Waals surface area contributed by atoms with E-state index in [1.807, 2.05) is 54.5 Å². The van der Waals surface area contributed by atoms with Crippen LogP contribution in [0.15, 0.2) is 67.6 Å². The van der Waals surface area contributed by atoms with Gasteiger partial charge in [-0.25, -0.2) is 4.98 Å². The molecule has 0 radical (unpaired) electrons. The standard InChI is InChI=1S/C29H26N8O/c1-17-15-37(16-32-17)27-14-31-13-26-22(27)10-25(34-26)28-23-9-19(6-7-24(23)35-36-28)20-8-21(12-30-11-20)33-29(38)18-4-2-3-5-18/h6-16,18,34H,2-5H2,1H3,(H,33,38)(H,35,36). The van der Waals surface area contributed by atoms with Crippen molar-refractivity contribution in [3.05, 3.63) is 73.3 Å². The summed E-state index contributed by atoms with van der Waals surface area (Å²) in [7, 11) is 0. The van der Waals surface area contributed by atoms with E-state index >= 15 is 0 Å². The predicted molar refractivity (Wildman–Crippen MR) is 147 cm³/mol. The second kappa shape index (κ2) is 8.95. The van der Waals surface area contributed by atoms with Gasteiger partial charge in [-0.1, -0.05) is 18.9 Å². The Morgan fingerprint density at radius 1 is 0.974 bits per heavy atom. The Hall–Kier alpha value is -4.79. The molecule has 5 aromatic heterocycles. The van der Waals surface area contributed by atoms with Crippen LogP contribution >= 0.6 is 0 Å². The van der Waals surface area contributed by atoms with E-state index in [0.717, 1.165) is 87.1 Å². The van der Waals surface area contributed by atoms with Crippen LogP contribution < -0.4 is 5.32 Å². The zero-order chi connectivity index (χ0) is 25.6. The maximum atomic E-state index is 12.6. The number of aromatic nitrogens is 7. The number of pyridine rings is 2. The van der Waals surface area contributed by atoms with Crippen LogP contribution in [0.4, 0.5) is 5.69 Å². The number of rotatable bonds is 5. The van der Waals surface area contributed by atoms with Crippen LogP contribution in [0.2, 0.25) is 0 Å². The Morgan fingerprint density at radius 3 is 2.68 bits per heavy atom. The Balaban J connectivity index is 1.24. The van der Waals surface area contributed by atoms with Crippen molar-refractivity contribution in [1.29, 1.82) is 0 Å². The number of amides is 1. The second-order valence-electron chi connectivity index (χ2n) is 9.99. The van der Waals surface area contributed by atoms with E-state index in [2.05, 4.69) is 47.6 Å². The highest BCUT2D eigenvalue weighted by Crippen LogP contribution is 2.34. The van der Waals surface area contributed by atoms with Crippen molar-refractivity contribution in [3.63, 3.8) is 0 Å². The van der Waals surface area contributed by atoms with E-state index in [9.17, 15) is 4.79 Å². The lowest BCUT2D eigenvalue weighted by Crippen LogP contribution is -2.20. The van der Waals surface area contributed by atoms with E-state index in [1.54, 1.807) is 12.5 Å². The topological polar surface area (TPSA) is 117 Å². The van der Waals surface area contributed by atoms with Crippen molar-refractivity contribution in [2.45, 2.75) is 32.6 Å². The summed E-state index contributed by atoms with van der Waals surface area (Å²) in [6.45, 7) is 1.97. The SMILES string of the molecule is Cc1cn(-c2cncc3[nH]c(-c4n[nH]c5ccc(-c6cncc(NC(=O)C7CCCC7)c6)cc45)cc23)cn1. The highest BCUT2D eigenvalue weighted by Gasteiger charge is 2.23. The summed E-state index contributed by atoms with van der Waals surface area (Å²) in [5.41, 5.74) is 8.12. The molecule has 5 heterocycles. The number of nitrogens with one attached hydrogen (secondary N) is 3. The fourth-order valence-corrected chi connectivity index (χ4v) is 5.42.